The second-order valence-electron chi connectivity index (χ2n) is 5.37. The third-order valence-corrected chi connectivity index (χ3v) is 4.92. The van der Waals surface area contributed by atoms with Crippen LogP contribution in [0.4, 0.5) is 5.13 Å². The van der Waals surface area contributed by atoms with Gasteiger partial charge in [0.15, 0.2) is 5.13 Å². The van der Waals surface area contributed by atoms with E-state index in [1.54, 1.807) is 11.3 Å². The summed E-state index contributed by atoms with van der Waals surface area (Å²) in [6, 6.07) is 0. The van der Waals surface area contributed by atoms with Crippen molar-refractivity contribution in [3.63, 3.8) is 0 Å². The van der Waals surface area contributed by atoms with Gasteiger partial charge in [0.2, 0.25) is 5.91 Å². The van der Waals surface area contributed by atoms with Gasteiger partial charge in [0.1, 0.15) is 0 Å². The van der Waals surface area contributed by atoms with Crippen LogP contribution >= 0.6 is 11.3 Å². The van der Waals surface area contributed by atoms with E-state index in [0.29, 0.717) is 5.92 Å². The fourth-order valence-corrected chi connectivity index (χ4v) is 3.33. The number of aromatic nitrogens is 1. The molecule has 2 heterocycles. The highest BCUT2D eigenvalue weighted by atomic mass is 32.1. The first-order valence-electron chi connectivity index (χ1n) is 6.71. The quantitative estimate of drug-likeness (QED) is 0.878. The Hall–Kier alpha value is -0.940. The zero-order valence-electron chi connectivity index (χ0n) is 10.7. The predicted molar refractivity (Wildman–Crippen MR) is 72.9 cm³/mol. The maximum absolute atomic E-state index is 12.4. The first-order chi connectivity index (χ1) is 8.73. The average Bonchev–Trinajstić information content (AvgIpc) is 2.93. The predicted octanol–water partition coefficient (Wildman–Crippen LogP) is 2.35. The maximum atomic E-state index is 12.4. The molecule has 1 amide bonds. The van der Waals surface area contributed by atoms with Gasteiger partial charge in [-0.05, 0) is 32.2 Å². The molecule has 1 aromatic rings. The van der Waals surface area contributed by atoms with E-state index in [2.05, 4.69) is 27.9 Å². The van der Waals surface area contributed by atoms with Crippen LogP contribution in [-0.4, -0.2) is 24.0 Å². The standard InChI is InChI=1S/C13H19N3OS/c1-2-13(5-6-14-8-13)11(17)16-12-15-10(7-18-12)9-3-4-9/h7,9,14H,2-6,8H2,1H3,(H,15,16,17). The van der Waals surface area contributed by atoms with Crippen molar-refractivity contribution in [2.24, 2.45) is 5.41 Å². The van der Waals surface area contributed by atoms with Crippen molar-refractivity contribution >= 4 is 22.4 Å². The molecule has 4 nitrogen and oxygen atoms in total. The summed E-state index contributed by atoms with van der Waals surface area (Å²) in [7, 11) is 0. The van der Waals surface area contributed by atoms with Crippen LogP contribution in [0.15, 0.2) is 5.38 Å². The van der Waals surface area contributed by atoms with E-state index in [9.17, 15) is 4.79 Å². The van der Waals surface area contributed by atoms with E-state index in [4.69, 9.17) is 0 Å². The number of nitrogens with zero attached hydrogens (tertiary/aromatic N) is 1. The zero-order valence-corrected chi connectivity index (χ0v) is 11.5. The third kappa shape index (κ3) is 2.17. The summed E-state index contributed by atoms with van der Waals surface area (Å²) in [5.41, 5.74) is 0.927. The Labute approximate surface area is 111 Å². The SMILES string of the molecule is CCC1(C(=O)Nc2nc(C3CC3)cs2)CCNC1. The Kier molecular flexibility index (Phi) is 3.11. The number of hydrogen-bond donors (Lipinski definition) is 2. The molecule has 1 aliphatic heterocycles. The molecule has 3 rings (SSSR count). The van der Waals surface area contributed by atoms with Crippen molar-refractivity contribution in [1.82, 2.24) is 10.3 Å². The number of nitrogens with one attached hydrogen (secondary N) is 2. The Balaban J connectivity index is 1.68. The van der Waals surface area contributed by atoms with E-state index in [1.807, 2.05) is 0 Å². The summed E-state index contributed by atoms with van der Waals surface area (Å²) < 4.78 is 0. The van der Waals surface area contributed by atoms with E-state index in [0.717, 1.165) is 36.8 Å². The molecule has 2 fully saturated rings. The molecular weight excluding hydrogens is 246 g/mol. The second-order valence-corrected chi connectivity index (χ2v) is 6.22. The highest BCUT2D eigenvalue weighted by Gasteiger charge is 2.39. The first-order valence-corrected chi connectivity index (χ1v) is 7.59. The van der Waals surface area contributed by atoms with Crippen molar-refractivity contribution in [3.8, 4) is 0 Å². The minimum absolute atomic E-state index is 0.131. The van der Waals surface area contributed by atoms with Crippen molar-refractivity contribution < 1.29 is 4.79 Å². The monoisotopic (exact) mass is 265 g/mol. The average molecular weight is 265 g/mol. The molecule has 2 N–H and O–H groups in total. The van der Waals surface area contributed by atoms with Crippen LogP contribution in [0.3, 0.4) is 0 Å². The number of carbonyl (C=O) groups is 1. The van der Waals surface area contributed by atoms with Crippen molar-refractivity contribution in [2.75, 3.05) is 18.4 Å². The molecule has 1 saturated carbocycles. The molecule has 1 aromatic heterocycles. The summed E-state index contributed by atoms with van der Waals surface area (Å²) >= 11 is 1.55. The van der Waals surface area contributed by atoms with Gasteiger partial charge in [-0.1, -0.05) is 6.92 Å². The van der Waals surface area contributed by atoms with Gasteiger partial charge in [-0.15, -0.1) is 11.3 Å². The van der Waals surface area contributed by atoms with Gasteiger partial charge >= 0.3 is 0 Å². The number of rotatable bonds is 4. The van der Waals surface area contributed by atoms with Crippen LogP contribution in [0.5, 0.6) is 0 Å². The summed E-state index contributed by atoms with van der Waals surface area (Å²) in [5.74, 6) is 0.784. The fourth-order valence-electron chi connectivity index (χ4n) is 2.54. The van der Waals surface area contributed by atoms with Crippen molar-refractivity contribution in [1.29, 1.82) is 0 Å². The molecule has 1 aliphatic carbocycles. The van der Waals surface area contributed by atoms with Gasteiger partial charge in [0.05, 0.1) is 11.1 Å². The summed E-state index contributed by atoms with van der Waals surface area (Å²) in [5, 5.41) is 9.14. The van der Waals surface area contributed by atoms with Gasteiger partial charge in [0, 0.05) is 17.8 Å². The van der Waals surface area contributed by atoms with Crippen LogP contribution in [0, 0.1) is 5.41 Å². The van der Waals surface area contributed by atoms with E-state index >= 15 is 0 Å². The lowest BCUT2D eigenvalue weighted by atomic mass is 9.83. The summed E-state index contributed by atoms with van der Waals surface area (Å²) in [6.07, 6.45) is 4.31. The molecule has 0 spiro atoms. The second kappa shape index (κ2) is 4.63. The van der Waals surface area contributed by atoms with Crippen LogP contribution in [0.25, 0.3) is 0 Å². The highest BCUT2D eigenvalue weighted by molar-refractivity contribution is 7.13. The summed E-state index contributed by atoms with van der Waals surface area (Å²) in [6.45, 7) is 3.81. The first kappa shape index (κ1) is 12.1. The molecule has 2 aliphatic rings. The van der Waals surface area contributed by atoms with Gasteiger partial charge in [0.25, 0.3) is 0 Å². The smallest absolute Gasteiger partial charge is 0.233 e. The molecule has 0 bridgehead atoms. The lowest BCUT2D eigenvalue weighted by Crippen LogP contribution is -2.37. The summed E-state index contributed by atoms with van der Waals surface area (Å²) in [4.78, 5) is 16.9. The van der Waals surface area contributed by atoms with Gasteiger partial charge < -0.3 is 10.6 Å². The number of amides is 1. The molecule has 1 saturated heterocycles. The highest BCUT2D eigenvalue weighted by Crippen LogP contribution is 2.41. The molecular formula is C13H19N3OS. The Bertz CT molecular complexity index is 447. The van der Waals surface area contributed by atoms with Crippen molar-refractivity contribution in [3.05, 3.63) is 11.1 Å². The fraction of sp³-hybridized carbons (Fsp3) is 0.692. The van der Waals surface area contributed by atoms with E-state index in [1.165, 1.54) is 12.8 Å². The lowest BCUT2D eigenvalue weighted by Gasteiger charge is -2.24. The topological polar surface area (TPSA) is 54.0 Å². The minimum Gasteiger partial charge on any atom is -0.316 e. The molecule has 0 radical (unpaired) electrons. The molecule has 1 atom stereocenters. The third-order valence-electron chi connectivity index (χ3n) is 4.14. The van der Waals surface area contributed by atoms with Crippen molar-refractivity contribution in [2.45, 2.75) is 38.5 Å². The molecule has 18 heavy (non-hydrogen) atoms. The Morgan fingerprint density at radius 1 is 1.67 bits per heavy atom. The van der Waals surface area contributed by atoms with Crippen LogP contribution in [-0.2, 0) is 4.79 Å². The van der Waals surface area contributed by atoms with Gasteiger partial charge in [-0.2, -0.15) is 0 Å². The number of hydrogen-bond acceptors (Lipinski definition) is 4. The van der Waals surface area contributed by atoms with E-state index in [-0.39, 0.29) is 11.3 Å². The minimum atomic E-state index is -0.231. The largest absolute Gasteiger partial charge is 0.316 e. The van der Waals surface area contributed by atoms with E-state index < -0.39 is 0 Å². The van der Waals surface area contributed by atoms with Crippen LogP contribution in [0.1, 0.15) is 44.2 Å². The molecule has 0 aromatic carbocycles. The Morgan fingerprint density at radius 2 is 2.50 bits per heavy atom. The normalized spacial score (nSPS) is 27.4. The molecule has 1 unspecified atom stereocenters. The lowest BCUT2D eigenvalue weighted by molar-refractivity contribution is -0.124. The van der Waals surface area contributed by atoms with Gasteiger partial charge in [-0.25, -0.2) is 4.98 Å². The number of carbonyl (C=O) groups excluding carboxylic acids is 1. The zero-order chi connectivity index (χ0) is 12.6. The van der Waals surface area contributed by atoms with Crippen LogP contribution < -0.4 is 10.6 Å². The number of thiazole rings is 1. The Morgan fingerprint density at radius 3 is 3.11 bits per heavy atom. The maximum Gasteiger partial charge on any atom is 0.233 e. The molecule has 5 heteroatoms. The molecule has 98 valence electrons. The van der Waals surface area contributed by atoms with Crippen LogP contribution in [0.2, 0.25) is 0 Å². The van der Waals surface area contributed by atoms with Gasteiger partial charge in [-0.3, -0.25) is 4.79 Å². The number of anilines is 1.